The molecule has 2 aliphatic rings. The van der Waals surface area contributed by atoms with Gasteiger partial charge in [0.2, 0.25) is 0 Å². The van der Waals surface area contributed by atoms with Gasteiger partial charge in [0.05, 0.1) is 6.54 Å². The average molecular weight is 553 g/mol. The molecule has 1 fully saturated rings. The summed E-state index contributed by atoms with van der Waals surface area (Å²) in [5.41, 5.74) is 3.67. The first-order valence-corrected chi connectivity index (χ1v) is 13.4. The molecule has 0 aromatic heterocycles. The zero-order valence-electron chi connectivity index (χ0n) is 22.9. The van der Waals surface area contributed by atoms with Crippen molar-refractivity contribution in [3.8, 4) is 11.1 Å². The van der Waals surface area contributed by atoms with Gasteiger partial charge in [-0.25, -0.2) is 19.2 Å². The van der Waals surface area contributed by atoms with Gasteiger partial charge in [-0.1, -0.05) is 48.5 Å². The molecule has 2 atom stereocenters. The van der Waals surface area contributed by atoms with E-state index < -0.39 is 29.7 Å². The number of carboxylic acid groups (broad SMARTS) is 1. The number of amides is 4. The fourth-order valence-corrected chi connectivity index (χ4v) is 4.97. The van der Waals surface area contributed by atoms with Crippen LogP contribution in [0.4, 0.5) is 14.4 Å². The van der Waals surface area contributed by atoms with Gasteiger partial charge >= 0.3 is 24.2 Å². The van der Waals surface area contributed by atoms with Gasteiger partial charge in [0.15, 0.2) is 0 Å². The van der Waals surface area contributed by atoms with Crippen molar-refractivity contribution in [1.82, 2.24) is 20.9 Å². The predicted molar refractivity (Wildman–Crippen MR) is 147 cm³/mol. The van der Waals surface area contributed by atoms with Crippen LogP contribution in [0.5, 0.6) is 0 Å². The summed E-state index contributed by atoms with van der Waals surface area (Å²) in [5, 5.41) is 17.0. The summed E-state index contributed by atoms with van der Waals surface area (Å²) in [6.45, 7) is 6.42. The van der Waals surface area contributed by atoms with Crippen molar-refractivity contribution in [1.29, 1.82) is 0 Å². The maximum absolute atomic E-state index is 12.5. The number of nitrogens with zero attached hydrogens (tertiary/aromatic N) is 1. The van der Waals surface area contributed by atoms with E-state index in [1.54, 1.807) is 25.7 Å². The van der Waals surface area contributed by atoms with Crippen molar-refractivity contribution < 1.29 is 33.8 Å². The lowest BCUT2D eigenvalue weighted by Gasteiger charge is -2.24. The summed E-state index contributed by atoms with van der Waals surface area (Å²) >= 11 is 0. The smallest absolute Gasteiger partial charge is 0.410 e. The van der Waals surface area contributed by atoms with E-state index in [0.29, 0.717) is 26.1 Å². The molecule has 4 rings (SSSR count). The molecule has 1 aliphatic carbocycles. The molecule has 11 nitrogen and oxygen atoms in total. The fourth-order valence-electron chi connectivity index (χ4n) is 4.97. The van der Waals surface area contributed by atoms with Crippen LogP contribution in [0.15, 0.2) is 48.5 Å². The number of fused-ring (bicyclic) bond motifs is 3. The van der Waals surface area contributed by atoms with Crippen molar-refractivity contribution in [2.45, 2.75) is 44.8 Å². The van der Waals surface area contributed by atoms with Crippen molar-refractivity contribution in [2.24, 2.45) is 5.92 Å². The number of alkyl carbamates (subject to hydrolysis) is 1. The van der Waals surface area contributed by atoms with Gasteiger partial charge in [-0.2, -0.15) is 0 Å². The predicted octanol–water partition coefficient (Wildman–Crippen LogP) is 3.53. The molecular formula is C29H36N4O7. The number of rotatable bonds is 8. The van der Waals surface area contributed by atoms with Crippen LogP contribution in [-0.4, -0.2) is 78.6 Å². The Kier molecular flexibility index (Phi) is 8.81. The molecule has 214 valence electrons. The summed E-state index contributed by atoms with van der Waals surface area (Å²) in [5.74, 6) is -1.42. The Morgan fingerprint density at radius 3 is 2.23 bits per heavy atom. The summed E-state index contributed by atoms with van der Waals surface area (Å²) in [6.07, 6.45) is -0.562. The highest BCUT2D eigenvalue weighted by molar-refractivity contribution is 5.82. The van der Waals surface area contributed by atoms with Gasteiger partial charge < -0.3 is 35.4 Å². The molecule has 40 heavy (non-hydrogen) atoms. The van der Waals surface area contributed by atoms with Gasteiger partial charge in [0, 0.05) is 25.6 Å². The third-order valence-corrected chi connectivity index (χ3v) is 6.89. The number of nitrogens with one attached hydrogen (secondary N) is 3. The number of benzene rings is 2. The second-order valence-corrected chi connectivity index (χ2v) is 11.0. The van der Waals surface area contributed by atoms with Gasteiger partial charge in [0.25, 0.3) is 0 Å². The van der Waals surface area contributed by atoms with Crippen LogP contribution in [0.2, 0.25) is 0 Å². The second-order valence-electron chi connectivity index (χ2n) is 11.0. The SMILES string of the molecule is CC(C)(C)OC(=O)N1CC[C@@H](CNC(=O)NC[C@H](NC(=O)OCC2c3ccccc3-c3ccccc32)C(=O)O)C1. The molecule has 2 aromatic rings. The number of carbonyl (C=O) groups is 4. The standard InChI is InChI=1S/C29H36N4O7/c1-29(2,3)40-28(38)33-13-12-18(16-33)14-30-26(36)31-15-24(25(34)35)32-27(37)39-17-23-21-10-6-4-8-19(21)20-9-5-7-11-22(20)23/h4-11,18,23-24H,12-17H2,1-3H3,(H,32,37)(H,34,35)(H2,30,31,36)/t18-,24-/m0/s1. The van der Waals surface area contributed by atoms with Gasteiger partial charge in [-0.3, -0.25) is 0 Å². The zero-order valence-corrected chi connectivity index (χ0v) is 22.9. The third-order valence-electron chi connectivity index (χ3n) is 6.89. The number of carbonyl (C=O) groups excluding carboxylic acids is 3. The number of hydrogen-bond acceptors (Lipinski definition) is 6. The maximum Gasteiger partial charge on any atom is 0.410 e. The second kappa shape index (κ2) is 12.3. The first-order chi connectivity index (χ1) is 19.0. The van der Waals surface area contributed by atoms with E-state index in [1.807, 2.05) is 48.5 Å². The van der Waals surface area contributed by atoms with Gasteiger partial charge in [-0.05, 0) is 55.4 Å². The maximum atomic E-state index is 12.5. The number of ether oxygens (including phenoxy) is 2. The highest BCUT2D eigenvalue weighted by atomic mass is 16.6. The first-order valence-electron chi connectivity index (χ1n) is 13.4. The van der Waals surface area contributed by atoms with Gasteiger partial charge in [0.1, 0.15) is 18.2 Å². The topological polar surface area (TPSA) is 146 Å². The van der Waals surface area contributed by atoms with E-state index in [1.165, 1.54) is 0 Å². The van der Waals surface area contributed by atoms with Crippen molar-refractivity contribution in [2.75, 3.05) is 32.8 Å². The molecule has 2 aromatic carbocycles. The third kappa shape index (κ3) is 7.22. The van der Waals surface area contributed by atoms with E-state index in [-0.39, 0.29) is 31.1 Å². The number of urea groups is 1. The normalized spacial score (nSPS) is 16.9. The number of hydrogen-bond donors (Lipinski definition) is 4. The molecule has 0 spiro atoms. The molecule has 11 heteroatoms. The first kappa shape index (κ1) is 28.7. The van der Waals surface area contributed by atoms with Crippen molar-refractivity contribution in [3.63, 3.8) is 0 Å². The Morgan fingerprint density at radius 1 is 1.00 bits per heavy atom. The average Bonchev–Trinajstić information content (AvgIpc) is 3.51. The molecule has 0 saturated carbocycles. The van der Waals surface area contributed by atoms with Gasteiger partial charge in [-0.15, -0.1) is 0 Å². The quantitative estimate of drug-likeness (QED) is 0.392. The molecular weight excluding hydrogens is 516 g/mol. The van der Waals surface area contributed by atoms with E-state index in [0.717, 1.165) is 22.3 Å². The highest BCUT2D eigenvalue weighted by Gasteiger charge is 2.31. The summed E-state index contributed by atoms with van der Waals surface area (Å²) in [4.78, 5) is 50.3. The lowest BCUT2D eigenvalue weighted by Crippen LogP contribution is -2.50. The van der Waals surface area contributed by atoms with E-state index in [4.69, 9.17) is 9.47 Å². The fraction of sp³-hybridized carbons (Fsp3) is 0.448. The monoisotopic (exact) mass is 552 g/mol. The molecule has 1 saturated heterocycles. The molecule has 0 radical (unpaired) electrons. The molecule has 4 N–H and O–H groups in total. The van der Waals surface area contributed by atoms with Crippen LogP contribution < -0.4 is 16.0 Å². The Balaban J connectivity index is 1.21. The van der Waals surface area contributed by atoms with Crippen LogP contribution in [0.25, 0.3) is 11.1 Å². The number of carboxylic acids is 1. The Bertz CT molecular complexity index is 1210. The minimum absolute atomic E-state index is 0.0435. The van der Waals surface area contributed by atoms with E-state index >= 15 is 0 Å². The van der Waals surface area contributed by atoms with Crippen molar-refractivity contribution >= 4 is 24.2 Å². The number of aliphatic carboxylic acids is 1. The summed E-state index contributed by atoms with van der Waals surface area (Å²) in [6, 6.07) is 13.8. The van der Waals surface area contributed by atoms with Crippen LogP contribution in [0.1, 0.15) is 44.2 Å². The van der Waals surface area contributed by atoms with Crippen molar-refractivity contribution in [3.05, 3.63) is 59.7 Å². The molecule has 1 heterocycles. The van der Waals surface area contributed by atoms with E-state index in [2.05, 4.69) is 16.0 Å². The summed E-state index contributed by atoms with van der Waals surface area (Å²) in [7, 11) is 0. The summed E-state index contributed by atoms with van der Waals surface area (Å²) < 4.78 is 10.8. The molecule has 4 amide bonds. The molecule has 0 bridgehead atoms. The van der Waals surface area contributed by atoms with E-state index in [9.17, 15) is 24.3 Å². The lowest BCUT2D eigenvalue weighted by atomic mass is 9.98. The highest BCUT2D eigenvalue weighted by Crippen LogP contribution is 2.44. The zero-order chi connectivity index (χ0) is 28.9. The minimum Gasteiger partial charge on any atom is -0.480 e. The van der Waals surface area contributed by atoms with Crippen LogP contribution >= 0.6 is 0 Å². The molecule has 0 unspecified atom stereocenters. The lowest BCUT2D eigenvalue weighted by molar-refractivity contribution is -0.139. The Hall–Kier alpha value is -4.28. The minimum atomic E-state index is -1.38. The largest absolute Gasteiger partial charge is 0.480 e. The molecule has 1 aliphatic heterocycles. The Labute approximate surface area is 233 Å². The van der Waals surface area contributed by atoms with Crippen LogP contribution in [0, 0.1) is 5.92 Å². The Morgan fingerprint density at radius 2 is 1.62 bits per heavy atom. The van der Waals surface area contributed by atoms with Crippen LogP contribution in [0.3, 0.4) is 0 Å². The number of likely N-dealkylation sites (tertiary alicyclic amines) is 1. The van der Waals surface area contributed by atoms with Crippen LogP contribution in [-0.2, 0) is 14.3 Å².